The molecule has 0 saturated carbocycles. The Morgan fingerprint density at radius 3 is 0.679 bits per heavy atom. The van der Waals surface area contributed by atoms with Crippen LogP contribution in [-0.2, 0) is 21.7 Å². The second-order valence-electron chi connectivity index (χ2n) is 34.8. The first-order chi connectivity index (χ1) is 54.1. The van der Waals surface area contributed by atoms with Crippen molar-refractivity contribution in [2.24, 2.45) is 0 Å². The maximum absolute atomic E-state index is 2.47. The molecule has 0 atom stereocenters. The Balaban J connectivity index is 0.000000157. The Morgan fingerprint density at radius 1 is 0.152 bits per heavy atom. The molecular formula is C110H94N2. The van der Waals surface area contributed by atoms with Gasteiger partial charge in [-0.25, -0.2) is 0 Å². The van der Waals surface area contributed by atoms with Crippen molar-refractivity contribution in [1.29, 1.82) is 0 Å². The molecule has 0 radical (unpaired) electrons. The predicted molar refractivity (Wildman–Crippen MR) is 484 cm³/mol. The standard InChI is InChI=1S/C58H49N.C52H45N/c1-57(2,3)44-31-33-49-51(36-44)55(41-25-21-39(22-26-41)38-15-9-7-10-16-38)48-32-30-45(58(4,5)6)37-52(48)56(49)42-27-23-40(24-28-42)43-29-34-54-50(35-43)47-19-13-14-20-53(47)59(54)46-17-11-8-12-18-46;1-51(2,3)38-27-29-43-45(32-38)49(35-15-9-7-10-16-35)42-28-26-39(52(4,5)6)33-46(42)50(43)36-23-21-34(22-24-36)37-25-30-48-44(31-37)41-19-13-14-20-47(41)53(48)40-17-11-8-12-18-40/h7-37H,1-6H3;7-33H,1-6H3. The maximum Gasteiger partial charge on any atom is 0.0541 e. The van der Waals surface area contributed by atoms with E-state index in [1.807, 2.05) is 0 Å². The molecule has 0 fully saturated rings. The number of aromatic nitrogens is 2. The van der Waals surface area contributed by atoms with Crippen molar-refractivity contribution in [3.63, 3.8) is 0 Å². The van der Waals surface area contributed by atoms with Gasteiger partial charge >= 0.3 is 0 Å². The first-order valence-corrected chi connectivity index (χ1v) is 39.8. The predicted octanol–water partition coefficient (Wildman–Crippen LogP) is 31.0. The summed E-state index contributed by atoms with van der Waals surface area (Å²) in [6.45, 7) is 27.8. The minimum absolute atomic E-state index is 0.000138. The summed E-state index contributed by atoms with van der Waals surface area (Å²) in [4.78, 5) is 0. The maximum atomic E-state index is 2.47. The summed E-state index contributed by atoms with van der Waals surface area (Å²) in [5.41, 5.74) is 30.1. The number of nitrogens with zero attached hydrogens (tertiary/aromatic N) is 2. The molecule has 0 saturated heterocycles. The molecule has 0 amide bonds. The molecule has 2 heteroatoms. The van der Waals surface area contributed by atoms with E-state index >= 15 is 0 Å². The Hall–Kier alpha value is -12.6. The molecule has 0 N–H and O–H groups in total. The molecule has 0 aliphatic heterocycles. The van der Waals surface area contributed by atoms with Gasteiger partial charge in [-0.1, -0.05) is 350 Å². The minimum atomic E-state index is 0.000138. The third-order valence-corrected chi connectivity index (χ3v) is 23.4. The van der Waals surface area contributed by atoms with Gasteiger partial charge in [0.2, 0.25) is 0 Å². The summed E-state index contributed by atoms with van der Waals surface area (Å²) in [5, 5.41) is 15.4. The van der Waals surface area contributed by atoms with Crippen LogP contribution in [0.3, 0.4) is 0 Å². The molecule has 2 nitrogen and oxygen atoms in total. The Morgan fingerprint density at radius 2 is 0.375 bits per heavy atom. The smallest absolute Gasteiger partial charge is 0.0541 e. The number of para-hydroxylation sites is 4. The van der Waals surface area contributed by atoms with Crippen LogP contribution < -0.4 is 0 Å². The van der Waals surface area contributed by atoms with E-state index in [0.717, 1.165) is 0 Å². The number of benzene rings is 17. The first kappa shape index (κ1) is 71.0. The average molecular weight is 1440 g/mol. The SMILES string of the molecule is CC(C)(C)c1ccc2c(-c3ccc(-c4ccc5c(c4)c4ccccc4n5-c4ccccc4)cc3)c3cc(C(C)(C)C)ccc3c(-c3ccc(-c4ccccc4)cc3)c2c1.CC(C)(C)c1ccc2c(-c3ccc(-c4ccc5c(c4)c4ccccc4n5-c4ccccc4)cc3)c3cc(C(C)(C)C)ccc3c(-c3ccccc3)c2c1. The summed E-state index contributed by atoms with van der Waals surface area (Å²) in [6, 6.07) is 131. The van der Waals surface area contributed by atoms with Crippen molar-refractivity contribution in [2.75, 3.05) is 0 Å². The molecule has 2 aromatic heterocycles. The van der Waals surface area contributed by atoms with E-state index in [9.17, 15) is 0 Å². The van der Waals surface area contributed by atoms with Crippen molar-refractivity contribution < 1.29 is 0 Å². The van der Waals surface area contributed by atoms with Gasteiger partial charge in [-0.15, -0.1) is 0 Å². The van der Waals surface area contributed by atoms with Gasteiger partial charge in [-0.3, -0.25) is 0 Å². The Bertz CT molecular complexity index is 6810. The van der Waals surface area contributed by atoms with Crippen LogP contribution in [0.15, 0.2) is 352 Å². The van der Waals surface area contributed by atoms with Crippen LogP contribution in [0.1, 0.15) is 105 Å². The van der Waals surface area contributed by atoms with Crippen LogP contribution in [0.4, 0.5) is 0 Å². The van der Waals surface area contributed by atoms with Crippen LogP contribution in [0.5, 0.6) is 0 Å². The van der Waals surface area contributed by atoms with Gasteiger partial charge in [0, 0.05) is 32.9 Å². The highest BCUT2D eigenvalue weighted by molar-refractivity contribution is 6.24. The van der Waals surface area contributed by atoms with Crippen molar-refractivity contribution in [3.8, 4) is 89.3 Å². The average Bonchev–Trinajstić information content (AvgIpc) is 1.07. The highest BCUT2D eigenvalue weighted by Crippen LogP contribution is 2.50. The molecule has 0 aliphatic carbocycles. The van der Waals surface area contributed by atoms with Crippen LogP contribution in [0.2, 0.25) is 0 Å². The summed E-state index contributed by atoms with van der Waals surface area (Å²) < 4.78 is 4.76. The fourth-order valence-electron chi connectivity index (χ4n) is 17.3. The number of hydrogen-bond acceptors (Lipinski definition) is 0. The molecule has 19 rings (SSSR count). The normalized spacial score (nSPS) is 12.3. The number of fused-ring (bicyclic) bond motifs is 10. The molecule has 0 unspecified atom stereocenters. The lowest BCUT2D eigenvalue weighted by atomic mass is 9.79. The fourth-order valence-corrected chi connectivity index (χ4v) is 17.3. The monoisotopic (exact) mass is 1440 g/mol. The second-order valence-corrected chi connectivity index (χ2v) is 34.8. The molecule has 19 aromatic rings. The van der Waals surface area contributed by atoms with Gasteiger partial charge in [0.1, 0.15) is 0 Å². The molecule has 0 bridgehead atoms. The minimum Gasteiger partial charge on any atom is -0.309 e. The van der Waals surface area contributed by atoms with E-state index in [4.69, 9.17) is 0 Å². The van der Waals surface area contributed by atoms with E-state index < -0.39 is 0 Å². The van der Waals surface area contributed by atoms with Crippen LogP contribution in [-0.4, -0.2) is 9.13 Å². The molecule has 17 aromatic carbocycles. The lowest BCUT2D eigenvalue weighted by molar-refractivity contribution is 0.590. The Labute approximate surface area is 659 Å². The van der Waals surface area contributed by atoms with Gasteiger partial charge < -0.3 is 9.13 Å². The van der Waals surface area contributed by atoms with E-state index in [2.05, 4.69) is 444 Å². The number of hydrogen-bond donors (Lipinski definition) is 0. The number of rotatable bonds is 9. The summed E-state index contributed by atoms with van der Waals surface area (Å²) in [5.74, 6) is 0. The lowest BCUT2D eigenvalue weighted by Gasteiger charge is -2.25. The molecule has 544 valence electrons. The van der Waals surface area contributed by atoms with Gasteiger partial charge in [-0.2, -0.15) is 0 Å². The lowest BCUT2D eigenvalue weighted by Crippen LogP contribution is -2.11. The fraction of sp³-hybridized carbons (Fsp3) is 0.145. The zero-order valence-electron chi connectivity index (χ0n) is 66.4. The van der Waals surface area contributed by atoms with Crippen LogP contribution >= 0.6 is 0 Å². The van der Waals surface area contributed by atoms with E-state index in [1.54, 1.807) is 0 Å². The zero-order valence-corrected chi connectivity index (χ0v) is 66.4. The van der Waals surface area contributed by atoms with Crippen molar-refractivity contribution >= 4 is 86.7 Å². The van der Waals surface area contributed by atoms with Crippen molar-refractivity contribution in [3.05, 3.63) is 374 Å². The molecule has 0 spiro atoms. The molecule has 112 heavy (non-hydrogen) atoms. The van der Waals surface area contributed by atoms with E-state index in [1.165, 1.54) is 198 Å². The largest absolute Gasteiger partial charge is 0.309 e. The third kappa shape index (κ3) is 12.8. The Kier molecular flexibility index (Phi) is 17.6. The van der Waals surface area contributed by atoms with Crippen molar-refractivity contribution in [1.82, 2.24) is 9.13 Å². The van der Waals surface area contributed by atoms with Gasteiger partial charge in [0.15, 0.2) is 0 Å². The van der Waals surface area contributed by atoms with E-state index in [0.29, 0.717) is 0 Å². The quantitative estimate of drug-likeness (QED) is 0.128. The van der Waals surface area contributed by atoms with E-state index in [-0.39, 0.29) is 21.7 Å². The molecule has 0 aliphatic rings. The summed E-state index contributed by atoms with van der Waals surface area (Å²) in [7, 11) is 0. The molecular weight excluding hydrogens is 1350 g/mol. The van der Waals surface area contributed by atoms with Crippen LogP contribution in [0.25, 0.3) is 176 Å². The summed E-state index contributed by atoms with van der Waals surface area (Å²) >= 11 is 0. The second kappa shape index (κ2) is 27.7. The topological polar surface area (TPSA) is 9.86 Å². The highest BCUT2D eigenvalue weighted by Gasteiger charge is 2.27. The molecule has 2 heterocycles. The van der Waals surface area contributed by atoms with Gasteiger partial charge in [-0.05, 0) is 250 Å². The first-order valence-electron chi connectivity index (χ1n) is 39.8. The summed E-state index contributed by atoms with van der Waals surface area (Å²) in [6.07, 6.45) is 0. The van der Waals surface area contributed by atoms with Gasteiger partial charge in [0.25, 0.3) is 0 Å². The highest BCUT2D eigenvalue weighted by atomic mass is 15.0. The van der Waals surface area contributed by atoms with Gasteiger partial charge in [0.05, 0.1) is 22.1 Å². The zero-order chi connectivity index (χ0) is 77.0. The van der Waals surface area contributed by atoms with Crippen molar-refractivity contribution in [2.45, 2.75) is 105 Å². The third-order valence-electron chi connectivity index (χ3n) is 23.4. The van der Waals surface area contributed by atoms with Crippen LogP contribution in [0, 0.1) is 0 Å².